The van der Waals surface area contributed by atoms with Crippen LogP contribution in [0.15, 0.2) is 22.7 Å². The number of halogens is 1. The number of hydrogen-bond acceptors (Lipinski definition) is 3. The van der Waals surface area contributed by atoms with Crippen molar-refractivity contribution in [3.05, 3.63) is 28.2 Å². The van der Waals surface area contributed by atoms with Gasteiger partial charge in [-0.05, 0) is 53.4 Å². The summed E-state index contributed by atoms with van der Waals surface area (Å²) in [6.07, 6.45) is 3.20. The smallest absolute Gasteiger partial charge is 0.311 e. The van der Waals surface area contributed by atoms with E-state index in [4.69, 9.17) is 5.26 Å². The fourth-order valence-corrected chi connectivity index (χ4v) is 3.56. The Morgan fingerprint density at radius 3 is 2.90 bits per heavy atom. The lowest BCUT2D eigenvalue weighted by molar-refractivity contribution is -0.150. The summed E-state index contributed by atoms with van der Waals surface area (Å²) in [6.45, 7) is 3.42. The normalized spacial score (nSPS) is 21.9. The first-order valence-electron chi connectivity index (χ1n) is 7.20. The van der Waals surface area contributed by atoms with Gasteiger partial charge in [-0.2, -0.15) is 5.26 Å². The first-order valence-corrected chi connectivity index (χ1v) is 8.00. The van der Waals surface area contributed by atoms with E-state index in [1.54, 1.807) is 6.07 Å². The van der Waals surface area contributed by atoms with E-state index in [9.17, 15) is 9.90 Å². The van der Waals surface area contributed by atoms with Gasteiger partial charge in [0, 0.05) is 23.2 Å². The van der Waals surface area contributed by atoms with Gasteiger partial charge < -0.3 is 10.0 Å². The molecule has 0 saturated carbocycles. The largest absolute Gasteiger partial charge is 0.481 e. The molecule has 0 bridgehead atoms. The van der Waals surface area contributed by atoms with Gasteiger partial charge in [-0.25, -0.2) is 0 Å². The molecule has 1 unspecified atom stereocenters. The number of piperidine rings is 1. The molecule has 5 heteroatoms. The molecule has 0 aliphatic carbocycles. The van der Waals surface area contributed by atoms with Gasteiger partial charge >= 0.3 is 5.97 Å². The van der Waals surface area contributed by atoms with Gasteiger partial charge in [-0.3, -0.25) is 4.79 Å². The van der Waals surface area contributed by atoms with Crippen molar-refractivity contribution in [3.8, 4) is 6.07 Å². The van der Waals surface area contributed by atoms with E-state index in [-0.39, 0.29) is 0 Å². The summed E-state index contributed by atoms with van der Waals surface area (Å²) < 4.78 is 0.754. The maximum absolute atomic E-state index is 11.7. The predicted molar refractivity (Wildman–Crippen MR) is 85.3 cm³/mol. The molecule has 1 heterocycles. The zero-order valence-corrected chi connectivity index (χ0v) is 13.7. The highest BCUT2D eigenvalue weighted by Crippen LogP contribution is 2.37. The maximum atomic E-state index is 11.7. The zero-order chi connectivity index (χ0) is 15.5. The topological polar surface area (TPSA) is 64.3 Å². The SMILES string of the molecule is CCCC1(C(=O)O)CCCN(c2ccc(C#N)c(Br)c2)C1. The summed E-state index contributed by atoms with van der Waals surface area (Å²) in [5.74, 6) is -0.693. The molecule has 0 spiro atoms. The Labute approximate surface area is 133 Å². The van der Waals surface area contributed by atoms with E-state index in [0.29, 0.717) is 18.5 Å². The predicted octanol–water partition coefficient (Wildman–Crippen LogP) is 3.79. The molecule has 0 radical (unpaired) electrons. The fraction of sp³-hybridized carbons (Fsp3) is 0.500. The highest BCUT2D eigenvalue weighted by atomic mass is 79.9. The van der Waals surface area contributed by atoms with Crippen LogP contribution in [0.1, 0.15) is 38.2 Å². The third-order valence-electron chi connectivity index (χ3n) is 4.20. The molecule has 0 aromatic heterocycles. The minimum Gasteiger partial charge on any atom is -0.481 e. The van der Waals surface area contributed by atoms with E-state index in [0.717, 1.165) is 36.0 Å². The molecular formula is C16H19BrN2O2. The molecule has 2 rings (SSSR count). The molecule has 1 saturated heterocycles. The zero-order valence-electron chi connectivity index (χ0n) is 12.1. The molecule has 1 N–H and O–H groups in total. The van der Waals surface area contributed by atoms with Gasteiger partial charge in [-0.15, -0.1) is 0 Å². The lowest BCUT2D eigenvalue weighted by Gasteiger charge is -2.41. The van der Waals surface area contributed by atoms with Crippen LogP contribution in [-0.2, 0) is 4.79 Å². The van der Waals surface area contributed by atoms with Crippen LogP contribution in [0.4, 0.5) is 5.69 Å². The molecule has 21 heavy (non-hydrogen) atoms. The Hall–Kier alpha value is -1.54. The number of hydrogen-bond donors (Lipinski definition) is 1. The molecule has 4 nitrogen and oxygen atoms in total. The maximum Gasteiger partial charge on any atom is 0.311 e. The fourth-order valence-electron chi connectivity index (χ4n) is 3.11. The van der Waals surface area contributed by atoms with E-state index in [1.165, 1.54) is 0 Å². The number of nitriles is 1. The highest BCUT2D eigenvalue weighted by molar-refractivity contribution is 9.10. The van der Waals surface area contributed by atoms with Crippen molar-refractivity contribution in [2.45, 2.75) is 32.6 Å². The van der Waals surface area contributed by atoms with Gasteiger partial charge in [0.15, 0.2) is 0 Å². The van der Waals surface area contributed by atoms with Crippen LogP contribution in [0.3, 0.4) is 0 Å². The Morgan fingerprint density at radius 1 is 1.57 bits per heavy atom. The number of carboxylic acids is 1. The second-order valence-electron chi connectivity index (χ2n) is 5.64. The minimum atomic E-state index is -0.693. The molecule has 1 aliphatic rings. The molecule has 0 amide bonds. The Kier molecular flexibility index (Phi) is 4.89. The molecule has 1 aromatic carbocycles. The number of anilines is 1. The lowest BCUT2D eigenvalue weighted by Crippen LogP contribution is -2.48. The van der Waals surface area contributed by atoms with Gasteiger partial charge in [0.25, 0.3) is 0 Å². The van der Waals surface area contributed by atoms with Crippen molar-refractivity contribution in [1.82, 2.24) is 0 Å². The highest BCUT2D eigenvalue weighted by Gasteiger charge is 2.41. The van der Waals surface area contributed by atoms with Crippen LogP contribution in [-0.4, -0.2) is 24.2 Å². The van der Waals surface area contributed by atoms with Crippen molar-refractivity contribution >= 4 is 27.6 Å². The Bertz CT molecular complexity index is 578. The van der Waals surface area contributed by atoms with Crippen LogP contribution < -0.4 is 4.90 Å². The first kappa shape index (κ1) is 15.8. The van der Waals surface area contributed by atoms with E-state index < -0.39 is 11.4 Å². The summed E-state index contributed by atoms with van der Waals surface area (Å²) in [6, 6.07) is 7.70. The van der Waals surface area contributed by atoms with Gasteiger partial charge in [-0.1, -0.05) is 13.3 Å². The van der Waals surface area contributed by atoms with Crippen molar-refractivity contribution in [2.75, 3.05) is 18.0 Å². The number of aliphatic carboxylic acids is 1. The van der Waals surface area contributed by atoms with Gasteiger partial charge in [0.05, 0.1) is 11.0 Å². The molecule has 1 aromatic rings. The average molecular weight is 351 g/mol. The van der Waals surface area contributed by atoms with Gasteiger partial charge in [0.1, 0.15) is 6.07 Å². The van der Waals surface area contributed by atoms with Crippen molar-refractivity contribution < 1.29 is 9.90 Å². The van der Waals surface area contributed by atoms with Crippen LogP contribution in [0.2, 0.25) is 0 Å². The third-order valence-corrected chi connectivity index (χ3v) is 4.85. The second kappa shape index (κ2) is 6.48. The lowest BCUT2D eigenvalue weighted by atomic mass is 9.76. The summed E-state index contributed by atoms with van der Waals surface area (Å²) in [5.41, 5.74) is 0.920. The molecule has 112 valence electrons. The monoisotopic (exact) mass is 350 g/mol. The number of benzene rings is 1. The van der Waals surface area contributed by atoms with E-state index >= 15 is 0 Å². The van der Waals surface area contributed by atoms with Crippen LogP contribution in [0.25, 0.3) is 0 Å². The van der Waals surface area contributed by atoms with E-state index in [2.05, 4.69) is 26.9 Å². The molecule has 1 aliphatic heterocycles. The summed E-state index contributed by atoms with van der Waals surface area (Å²) in [5, 5.41) is 18.6. The third kappa shape index (κ3) is 3.21. The summed E-state index contributed by atoms with van der Waals surface area (Å²) in [4.78, 5) is 13.9. The number of carboxylic acid groups (broad SMARTS) is 1. The van der Waals surface area contributed by atoms with Crippen LogP contribution >= 0.6 is 15.9 Å². The van der Waals surface area contributed by atoms with Crippen molar-refractivity contribution in [3.63, 3.8) is 0 Å². The van der Waals surface area contributed by atoms with Crippen molar-refractivity contribution in [2.24, 2.45) is 5.41 Å². The van der Waals surface area contributed by atoms with Crippen LogP contribution in [0.5, 0.6) is 0 Å². The second-order valence-corrected chi connectivity index (χ2v) is 6.49. The molecule has 1 fully saturated rings. The van der Waals surface area contributed by atoms with E-state index in [1.807, 2.05) is 19.1 Å². The molecular weight excluding hydrogens is 332 g/mol. The standard InChI is InChI=1S/C16H19BrN2O2/c1-2-6-16(15(20)21)7-3-8-19(11-16)13-5-4-12(10-18)14(17)9-13/h4-5,9H,2-3,6-8,11H2,1H3,(H,20,21). The quantitative estimate of drug-likeness (QED) is 0.896. The Balaban J connectivity index is 2.27. The van der Waals surface area contributed by atoms with Gasteiger partial charge in [0.2, 0.25) is 0 Å². The minimum absolute atomic E-state index is 0.536. The van der Waals surface area contributed by atoms with Crippen molar-refractivity contribution in [1.29, 1.82) is 5.26 Å². The Morgan fingerprint density at radius 2 is 2.33 bits per heavy atom. The number of nitrogens with zero attached hydrogens (tertiary/aromatic N) is 2. The number of carbonyl (C=O) groups is 1. The summed E-state index contributed by atoms with van der Waals surface area (Å²) >= 11 is 3.40. The average Bonchev–Trinajstić information content (AvgIpc) is 2.47. The summed E-state index contributed by atoms with van der Waals surface area (Å²) in [7, 11) is 0. The molecule has 1 atom stereocenters. The van der Waals surface area contributed by atoms with Crippen LogP contribution in [0, 0.1) is 16.7 Å². The first-order chi connectivity index (χ1) is 10.0. The number of rotatable bonds is 4.